The van der Waals surface area contributed by atoms with Crippen molar-refractivity contribution >= 4 is 23.2 Å². The molecule has 0 radical (unpaired) electrons. The van der Waals surface area contributed by atoms with Gasteiger partial charge in [-0.2, -0.15) is 0 Å². The molecule has 0 spiro atoms. The van der Waals surface area contributed by atoms with Crippen LogP contribution in [0.25, 0.3) is 0 Å². The number of rotatable bonds is 6. The van der Waals surface area contributed by atoms with E-state index < -0.39 is 4.92 Å². The normalized spacial score (nSPS) is 10.9. The van der Waals surface area contributed by atoms with Gasteiger partial charge >= 0.3 is 0 Å². The topological polar surface area (TPSA) is 75.5 Å². The van der Waals surface area contributed by atoms with E-state index in [1.165, 1.54) is 12.1 Å². The molecule has 1 aromatic rings. The molecule has 1 aromatic carbocycles. The molecule has 7 heteroatoms. The fourth-order valence-electron chi connectivity index (χ4n) is 1.78. The highest BCUT2D eigenvalue weighted by Gasteiger charge is 2.14. The SMILES string of the molecule is CC(C)NC(=O)CN(C)Cc1ccc(Cl)c([N+](=O)[O-])c1. The van der Waals surface area contributed by atoms with Crippen LogP contribution in [0.3, 0.4) is 0 Å². The minimum atomic E-state index is -0.517. The number of nitrogens with zero attached hydrogens (tertiary/aromatic N) is 2. The fraction of sp³-hybridized carbons (Fsp3) is 0.462. The zero-order valence-corrected chi connectivity index (χ0v) is 12.5. The molecule has 0 atom stereocenters. The summed E-state index contributed by atoms with van der Waals surface area (Å²) in [7, 11) is 1.78. The van der Waals surface area contributed by atoms with E-state index in [0.29, 0.717) is 6.54 Å². The van der Waals surface area contributed by atoms with Crippen LogP contribution in [0.2, 0.25) is 5.02 Å². The Morgan fingerprint density at radius 2 is 2.15 bits per heavy atom. The Kier molecular flexibility index (Phi) is 5.91. The minimum absolute atomic E-state index is 0.0778. The second-order valence-corrected chi connectivity index (χ2v) is 5.34. The predicted molar refractivity (Wildman–Crippen MR) is 77.7 cm³/mol. The van der Waals surface area contributed by atoms with Crippen LogP contribution in [-0.4, -0.2) is 35.4 Å². The van der Waals surface area contributed by atoms with Crippen molar-refractivity contribution in [1.29, 1.82) is 0 Å². The average molecular weight is 300 g/mol. The Hall–Kier alpha value is -1.66. The molecule has 0 bridgehead atoms. The van der Waals surface area contributed by atoms with E-state index in [1.54, 1.807) is 18.0 Å². The van der Waals surface area contributed by atoms with Crippen molar-refractivity contribution in [3.63, 3.8) is 0 Å². The number of nitrogens with one attached hydrogen (secondary N) is 1. The van der Waals surface area contributed by atoms with Gasteiger partial charge in [-0.3, -0.25) is 19.8 Å². The molecule has 0 aliphatic carbocycles. The third-order valence-corrected chi connectivity index (χ3v) is 2.84. The molecular formula is C13H18ClN3O3. The van der Waals surface area contributed by atoms with Crippen LogP contribution in [0, 0.1) is 10.1 Å². The van der Waals surface area contributed by atoms with Crippen LogP contribution >= 0.6 is 11.6 Å². The number of hydrogen-bond donors (Lipinski definition) is 1. The highest BCUT2D eigenvalue weighted by molar-refractivity contribution is 6.32. The van der Waals surface area contributed by atoms with Crippen LogP contribution in [0.15, 0.2) is 18.2 Å². The van der Waals surface area contributed by atoms with E-state index >= 15 is 0 Å². The molecule has 0 heterocycles. The molecule has 6 nitrogen and oxygen atoms in total. The van der Waals surface area contributed by atoms with Crippen LogP contribution in [0.5, 0.6) is 0 Å². The Bertz CT molecular complexity index is 506. The second-order valence-electron chi connectivity index (χ2n) is 4.94. The van der Waals surface area contributed by atoms with Gasteiger partial charge < -0.3 is 5.32 Å². The average Bonchev–Trinajstić information content (AvgIpc) is 2.29. The summed E-state index contributed by atoms with van der Waals surface area (Å²) in [6.07, 6.45) is 0. The number of carbonyl (C=O) groups is 1. The maximum absolute atomic E-state index is 11.6. The van der Waals surface area contributed by atoms with Crippen LogP contribution < -0.4 is 5.32 Å². The molecular weight excluding hydrogens is 282 g/mol. The lowest BCUT2D eigenvalue weighted by atomic mass is 10.2. The largest absolute Gasteiger partial charge is 0.353 e. The molecule has 20 heavy (non-hydrogen) atoms. The Morgan fingerprint density at radius 3 is 2.70 bits per heavy atom. The van der Waals surface area contributed by atoms with Gasteiger partial charge in [-0.25, -0.2) is 0 Å². The number of halogens is 1. The monoisotopic (exact) mass is 299 g/mol. The van der Waals surface area contributed by atoms with Gasteiger partial charge in [0.2, 0.25) is 5.91 Å². The number of nitro groups is 1. The fourth-order valence-corrected chi connectivity index (χ4v) is 1.96. The summed E-state index contributed by atoms with van der Waals surface area (Å²) in [6.45, 7) is 4.44. The van der Waals surface area contributed by atoms with Gasteiger partial charge in [-0.1, -0.05) is 17.7 Å². The first-order valence-electron chi connectivity index (χ1n) is 6.20. The lowest BCUT2D eigenvalue weighted by Crippen LogP contribution is -2.38. The van der Waals surface area contributed by atoms with Gasteiger partial charge in [0.25, 0.3) is 5.69 Å². The first-order chi connectivity index (χ1) is 9.29. The van der Waals surface area contributed by atoms with Gasteiger partial charge in [-0.05, 0) is 32.5 Å². The van der Waals surface area contributed by atoms with E-state index in [1.807, 2.05) is 13.8 Å². The highest BCUT2D eigenvalue weighted by atomic mass is 35.5. The standard InChI is InChI=1S/C13H18ClN3O3/c1-9(2)15-13(18)8-16(3)7-10-4-5-11(14)12(6-10)17(19)20/h4-6,9H,7-8H2,1-3H3,(H,15,18). The summed E-state index contributed by atoms with van der Waals surface area (Å²) in [5.74, 6) is -0.0778. The second kappa shape index (κ2) is 7.21. The lowest BCUT2D eigenvalue weighted by molar-refractivity contribution is -0.384. The maximum atomic E-state index is 11.6. The summed E-state index contributed by atoms with van der Waals surface area (Å²) >= 11 is 5.75. The number of hydrogen-bond acceptors (Lipinski definition) is 4. The van der Waals surface area contributed by atoms with E-state index in [2.05, 4.69) is 5.32 Å². The van der Waals surface area contributed by atoms with Crippen molar-refractivity contribution in [3.05, 3.63) is 38.9 Å². The number of nitro benzene ring substituents is 1. The number of likely N-dealkylation sites (N-methyl/N-ethyl adjacent to an activating group) is 1. The summed E-state index contributed by atoms with van der Waals surface area (Å²) in [5.41, 5.74) is 0.616. The molecule has 1 amide bonds. The summed E-state index contributed by atoms with van der Waals surface area (Å²) in [6, 6.07) is 4.73. The van der Waals surface area contributed by atoms with Crippen molar-refractivity contribution in [2.75, 3.05) is 13.6 Å². The van der Waals surface area contributed by atoms with Crippen LogP contribution in [-0.2, 0) is 11.3 Å². The third-order valence-electron chi connectivity index (χ3n) is 2.52. The Balaban J connectivity index is 2.66. The zero-order chi connectivity index (χ0) is 15.3. The van der Waals surface area contributed by atoms with Crippen LogP contribution in [0.4, 0.5) is 5.69 Å². The minimum Gasteiger partial charge on any atom is -0.353 e. The molecule has 0 unspecified atom stereocenters. The van der Waals surface area contributed by atoms with Gasteiger partial charge in [-0.15, -0.1) is 0 Å². The van der Waals surface area contributed by atoms with Crippen LogP contribution in [0.1, 0.15) is 19.4 Å². The molecule has 110 valence electrons. The van der Waals surface area contributed by atoms with Gasteiger partial charge in [0.1, 0.15) is 5.02 Å². The Morgan fingerprint density at radius 1 is 1.50 bits per heavy atom. The number of amides is 1. The summed E-state index contributed by atoms with van der Waals surface area (Å²) < 4.78 is 0. The van der Waals surface area contributed by atoms with Crippen molar-refractivity contribution in [2.45, 2.75) is 26.4 Å². The number of carbonyl (C=O) groups excluding carboxylic acids is 1. The van der Waals surface area contributed by atoms with E-state index in [9.17, 15) is 14.9 Å². The zero-order valence-electron chi connectivity index (χ0n) is 11.7. The van der Waals surface area contributed by atoms with E-state index in [0.717, 1.165) is 5.56 Å². The summed E-state index contributed by atoms with van der Waals surface area (Å²) in [5, 5.41) is 13.7. The van der Waals surface area contributed by atoms with E-state index in [-0.39, 0.29) is 29.2 Å². The first-order valence-corrected chi connectivity index (χ1v) is 6.58. The molecule has 0 saturated heterocycles. The van der Waals surface area contributed by atoms with Crippen molar-refractivity contribution in [3.8, 4) is 0 Å². The van der Waals surface area contributed by atoms with Crippen molar-refractivity contribution in [2.24, 2.45) is 0 Å². The first kappa shape index (κ1) is 16.4. The van der Waals surface area contributed by atoms with Crippen molar-refractivity contribution in [1.82, 2.24) is 10.2 Å². The van der Waals surface area contributed by atoms with Gasteiger partial charge in [0.15, 0.2) is 0 Å². The van der Waals surface area contributed by atoms with Crippen molar-refractivity contribution < 1.29 is 9.72 Å². The smallest absolute Gasteiger partial charge is 0.288 e. The lowest BCUT2D eigenvalue weighted by Gasteiger charge is -2.17. The molecule has 0 aliphatic heterocycles. The molecule has 0 aromatic heterocycles. The number of benzene rings is 1. The quantitative estimate of drug-likeness (QED) is 0.645. The van der Waals surface area contributed by atoms with Gasteiger partial charge in [0.05, 0.1) is 11.5 Å². The predicted octanol–water partition coefficient (Wildman–Crippen LogP) is 2.20. The summed E-state index contributed by atoms with van der Waals surface area (Å²) in [4.78, 5) is 23.7. The molecule has 1 rings (SSSR count). The maximum Gasteiger partial charge on any atom is 0.288 e. The molecule has 0 fully saturated rings. The highest BCUT2D eigenvalue weighted by Crippen LogP contribution is 2.25. The molecule has 0 saturated carbocycles. The third kappa shape index (κ3) is 5.14. The van der Waals surface area contributed by atoms with E-state index in [4.69, 9.17) is 11.6 Å². The molecule has 1 N–H and O–H groups in total. The van der Waals surface area contributed by atoms with Gasteiger partial charge in [0, 0.05) is 18.7 Å². The Labute approximate surface area is 122 Å². The molecule has 0 aliphatic rings.